The van der Waals surface area contributed by atoms with E-state index in [4.69, 9.17) is 4.42 Å². The van der Waals surface area contributed by atoms with Crippen LogP contribution in [0, 0.1) is 23.2 Å². The second kappa shape index (κ2) is 7.11. The lowest BCUT2D eigenvalue weighted by molar-refractivity contribution is -0.124. The number of pyridine rings is 1. The van der Waals surface area contributed by atoms with E-state index < -0.39 is 0 Å². The van der Waals surface area contributed by atoms with Gasteiger partial charge >= 0.3 is 0 Å². The number of nitrogens with one attached hydrogen (secondary N) is 1. The standard InChI is InChI=1S/C26H28N2O3/c29-24(15-26-12-17-9-18(13-26)11-19(10-17)14-26)27-23-5-1-4-22-21(23)6-7-28(25(22)30)16-20-3-2-8-31-20/h1-8,17-19H,9-16H2,(H,27,29). The van der Waals surface area contributed by atoms with Gasteiger partial charge in [0.2, 0.25) is 5.91 Å². The molecule has 0 atom stereocenters. The van der Waals surface area contributed by atoms with Crippen LogP contribution in [0.15, 0.2) is 58.1 Å². The van der Waals surface area contributed by atoms with Crippen molar-refractivity contribution in [1.29, 1.82) is 0 Å². The maximum atomic E-state index is 13.1. The van der Waals surface area contributed by atoms with Crippen molar-refractivity contribution in [3.63, 3.8) is 0 Å². The number of benzene rings is 1. The lowest BCUT2D eigenvalue weighted by Gasteiger charge is -2.56. The van der Waals surface area contributed by atoms with E-state index in [1.807, 2.05) is 36.4 Å². The van der Waals surface area contributed by atoms with Crippen molar-refractivity contribution in [2.75, 3.05) is 5.32 Å². The van der Waals surface area contributed by atoms with Gasteiger partial charge in [-0.1, -0.05) is 6.07 Å². The van der Waals surface area contributed by atoms with Crippen LogP contribution in [0.2, 0.25) is 0 Å². The van der Waals surface area contributed by atoms with Gasteiger partial charge in [-0.25, -0.2) is 0 Å². The van der Waals surface area contributed by atoms with Crippen LogP contribution in [0.3, 0.4) is 0 Å². The molecule has 0 spiro atoms. The third kappa shape index (κ3) is 3.40. The first kappa shape index (κ1) is 18.9. The Morgan fingerprint density at radius 2 is 1.74 bits per heavy atom. The van der Waals surface area contributed by atoms with Gasteiger partial charge in [0.1, 0.15) is 5.76 Å². The molecule has 0 saturated heterocycles. The number of anilines is 1. The molecule has 1 amide bonds. The second-order valence-corrected chi connectivity index (χ2v) is 10.2. The number of hydrogen-bond donors (Lipinski definition) is 1. The lowest BCUT2D eigenvalue weighted by atomic mass is 9.49. The summed E-state index contributed by atoms with van der Waals surface area (Å²) in [5, 5.41) is 4.55. The van der Waals surface area contributed by atoms with Gasteiger partial charge in [0.25, 0.3) is 5.56 Å². The Morgan fingerprint density at radius 1 is 1.00 bits per heavy atom. The highest BCUT2D eigenvalue weighted by Crippen LogP contribution is 2.61. The Morgan fingerprint density at radius 3 is 2.42 bits per heavy atom. The van der Waals surface area contributed by atoms with Crippen LogP contribution in [0.4, 0.5) is 5.69 Å². The summed E-state index contributed by atoms with van der Waals surface area (Å²) in [5.74, 6) is 3.34. The van der Waals surface area contributed by atoms with Crippen LogP contribution in [-0.4, -0.2) is 10.5 Å². The van der Waals surface area contributed by atoms with Crippen LogP contribution < -0.4 is 10.9 Å². The second-order valence-electron chi connectivity index (χ2n) is 10.2. The SMILES string of the molecule is O=C(CC12CC3CC(CC(C3)C1)C2)Nc1cccc2c(=O)n(Cc3ccco3)ccc12. The highest BCUT2D eigenvalue weighted by molar-refractivity contribution is 6.02. The molecule has 4 fully saturated rings. The topological polar surface area (TPSA) is 64.2 Å². The number of fused-ring (bicyclic) bond motifs is 1. The maximum absolute atomic E-state index is 13.1. The van der Waals surface area contributed by atoms with E-state index in [-0.39, 0.29) is 16.9 Å². The summed E-state index contributed by atoms with van der Waals surface area (Å²) in [6, 6.07) is 11.2. The molecule has 3 aromatic rings. The molecule has 160 valence electrons. The van der Waals surface area contributed by atoms with E-state index in [9.17, 15) is 9.59 Å². The van der Waals surface area contributed by atoms with E-state index in [1.165, 1.54) is 38.5 Å². The molecule has 1 N–H and O–H groups in total. The highest BCUT2D eigenvalue weighted by atomic mass is 16.3. The van der Waals surface area contributed by atoms with Gasteiger partial charge in [-0.2, -0.15) is 0 Å². The average Bonchev–Trinajstić information content (AvgIpc) is 3.22. The van der Waals surface area contributed by atoms with Crippen molar-refractivity contribution in [3.8, 4) is 0 Å². The number of aromatic nitrogens is 1. The van der Waals surface area contributed by atoms with E-state index in [2.05, 4.69) is 5.32 Å². The monoisotopic (exact) mass is 416 g/mol. The fraction of sp³-hybridized carbons (Fsp3) is 0.462. The van der Waals surface area contributed by atoms with Crippen LogP contribution in [-0.2, 0) is 11.3 Å². The van der Waals surface area contributed by atoms with Crippen molar-refractivity contribution in [1.82, 2.24) is 4.57 Å². The van der Waals surface area contributed by atoms with Crippen molar-refractivity contribution in [3.05, 3.63) is 65.0 Å². The molecule has 2 aromatic heterocycles. The summed E-state index contributed by atoms with van der Waals surface area (Å²) in [6.45, 7) is 0.393. The van der Waals surface area contributed by atoms with Gasteiger partial charge in [0.15, 0.2) is 0 Å². The van der Waals surface area contributed by atoms with Crippen LogP contribution in [0.5, 0.6) is 0 Å². The smallest absolute Gasteiger partial charge is 0.258 e. The molecule has 5 nitrogen and oxygen atoms in total. The first-order valence-corrected chi connectivity index (χ1v) is 11.5. The van der Waals surface area contributed by atoms with E-state index in [1.54, 1.807) is 17.0 Å². The van der Waals surface area contributed by atoms with Crippen molar-refractivity contribution < 1.29 is 9.21 Å². The minimum atomic E-state index is -0.0777. The first-order chi connectivity index (χ1) is 15.1. The summed E-state index contributed by atoms with van der Waals surface area (Å²) in [4.78, 5) is 26.1. The molecule has 31 heavy (non-hydrogen) atoms. The molecule has 0 radical (unpaired) electrons. The van der Waals surface area contributed by atoms with Gasteiger partial charge in [-0.15, -0.1) is 0 Å². The molecule has 4 bridgehead atoms. The lowest BCUT2D eigenvalue weighted by Crippen LogP contribution is -2.47. The minimum absolute atomic E-state index is 0.0777. The van der Waals surface area contributed by atoms with Gasteiger partial charge in [-0.3, -0.25) is 9.59 Å². The summed E-state index contributed by atoms with van der Waals surface area (Å²) in [5.41, 5.74) is 0.861. The average molecular weight is 417 g/mol. The molecule has 0 unspecified atom stereocenters. The number of carbonyl (C=O) groups is 1. The zero-order valence-corrected chi connectivity index (χ0v) is 17.7. The Kier molecular flexibility index (Phi) is 4.34. The van der Waals surface area contributed by atoms with Crippen LogP contribution in [0.25, 0.3) is 10.8 Å². The largest absolute Gasteiger partial charge is 0.467 e. The fourth-order valence-electron chi connectivity index (χ4n) is 7.16. The summed E-state index contributed by atoms with van der Waals surface area (Å²) >= 11 is 0. The molecule has 7 rings (SSSR count). The van der Waals surface area contributed by atoms with Gasteiger partial charge in [-0.05, 0) is 92.0 Å². The predicted octanol–water partition coefficient (Wildman–Crippen LogP) is 5.19. The van der Waals surface area contributed by atoms with Gasteiger partial charge in [0.05, 0.1) is 12.8 Å². The predicted molar refractivity (Wildman–Crippen MR) is 120 cm³/mol. The molecular formula is C26H28N2O3. The summed E-state index contributed by atoms with van der Waals surface area (Å²) in [7, 11) is 0. The quantitative estimate of drug-likeness (QED) is 0.623. The molecule has 0 aliphatic heterocycles. The highest BCUT2D eigenvalue weighted by Gasteiger charge is 2.51. The molecule has 5 heteroatoms. The molecule has 4 aliphatic carbocycles. The Hall–Kier alpha value is -2.82. The first-order valence-electron chi connectivity index (χ1n) is 11.5. The fourth-order valence-corrected chi connectivity index (χ4v) is 7.16. The van der Waals surface area contributed by atoms with E-state index in [0.29, 0.717) is 18.4 Å². The number of nitrogens with zero attached hydrogens (tertiary/aromatic N) is 1. The van der Waals surface area contributed by atoms with E-state index >= 15 is 0 Å². The molecule has 1 aromatic carbocycles. The Labute approximate surface area is 181 Å². The number of amides is 1. The summed E-state index contributed by atoms with van der Waals surface area (Å²) in [6.07, 6.45) is 11.8. The Balaban J connectivity index is 1.24. The third-order valence-corrected chi connectivity index (χ3v) is 7.90. The molecular weight excluding hydrogens is 388 g/mol. The number of hydrogen-bond acceptors (Lipinski definition) is 3. The molecule has 4 saturated carbocycles. The summed E-state index contributed by atoms with van der Waals surface area (Å²) < 4.78 is 7.02. The Bertz CT molecular complexity index is 1160. The maximum Gasteiger partial charge on any atom is 0.258 e. The van der Waals surface area contributed by atoms with Crippen molar-refractivity contribution in [2.24, 2.45) is 23.2 Å². The van der Waals surface area contributed by atoms with Crippen LogP contribution >= 0.6 is 0 Å². The number of carbonyl (C=O) groups excluding carboxylic acids is 1. The third-order valence-electron chi connectivity index (χ3n) is 7.90. The zero-order chi connectivity index (χ0) is 21.0. The minimum Gasteiger partial charge on any atom is -0.467 e. The van der Waals surface area contributed by atoms with Crippen LogP contribution in [0.1, 0.15) is 50.7 Å². The molecule has 4 aliphatic rings. The van der Waals surface area contributed by atoms with Gasteiger partial charge < -0.3 is 14.3 Å². The number of rotatable bonds is 5. The van der Waals surface area contributed by atoms with Crippen molar-refractivity contribution >= 4 is 22.4 Å². The molecule has 2 heterocycles. The zero-order valence-electron chi connectivity index (χ0n) is 17.7. The van der Waals surface area contributed by atoms with Crippen molar-refractivity contribution in [2.45, 2.75) is 51.5 Å². The van der Waals surface area contributed by atoms with E-state index in [0.717, 1.165) is 34.6 Å². The number of furan rings is 1. The normalized spacial score (nSPS) is 28.8. The van der Waals surface area contributed by atoms with Gasteiger partial charge in [0, 0.05) is 29.1 Å².